The number of halogens is 3. The number of hydrogen-bond acceptors (Lipinski definition) is 4. The second-order valence-corrected chi connectivity index (χ2v) is 6.84. The highest BCUT2D eigenvalue weighted by molar-refractivity contribution is 5.84. The number of alkyl halides is 3. The predicted molar refractivity (Wildman–Crippen MR) is 95.4 cm³/mol. The molecule has 1 aliphatic carbocycles. The maximum Gasteiger partial charge on any atom is 0.416 e. The fraction of sp³-hybridized carbons (Fsp3) is 0.300. The van der Waals surface area contributed by atoms with E-state index in [9.17, 15) is 18.0 Å². The fourth-order valence-corrected chi connectivity index (χ4v) is 3.43. The Bertz CT molecular complexity index is 995. The number of hydrogen-bond donors (Lipinski definition) is 0. The first-order chi connectivity index (χ1) is 13.4. The standard InChI is InChI=1S/C20H17F3N4O/c21-20(22,23)15-10-8-13(9-11-15)12-14-4-1-2-5-16(14)19-24-26-27(25-19)17-6-3-7-18(17)28/h1-2,4-5,8-11,17H,3,6-7,12H2. The number of carbonyl (C=O) groups is 1. The van der Waals surface area contributed by atoms with Gasteiger partial charge in [0.1, 0.15) is 6.04 Å². The van der Waals surface area contributed by atoms with Gasteiger partial charge in [-0.25, -0.2) is 0 Å². The number of tetrazole rings is 1. The van der Waals surface area contributed by atoms with Gasteiger partial charge in [0.2, 0.25) is 5.82 Å². The van der Waals surface area contributed by atoms with Gasteiger partial charge in [-0.2, -0.15) is 18.0 Å². The minimum absolute atomic E-state index is 0.113. The molecule has 1 heterocycles. The van der Waals surface area contributed by atoms with E-state index in [1.54, 1.807) is 0 Å². The molecular formula is C20H17F3N4O. The van der Waals surface area contributed by atoms with Gasteiger partial charge in [0, 0.05) is 12.0 Å². The van der Waals surface area contributed by atoms with Gasteiger partial charge in [-0.3, -0.25) is 4.79 Å². The molecule has 0 amide bonds. The largest absolute Gasteiger partial charge is 0.416 e. The Labute approximate surface area is 159 Å². The van der Waals surface area contributed by atoms with Crippen molar-refractivity contribution in [2.24, 2.45) is 0 Å². The molecule has 28 heavy (non-hydrogen) atoms. The van der Waals surface area contributed by atoms with Crippen LogP contribution < -0.4 is 0 Å². The van der Waals surface area contributed by atoms with Crippen LogP contribution in [0.25, 0.3) is 11.4 Å². The maximum absolute atomic E-state index is 12.7. The van der Waals surface area contributed by atoms with Crippen molar-refractivity contribution >= 4 is 5.78 Å². The zero-order valence-electron chi connectivity index (χ0n) is 14.9. The lowest BCUT2D eigenvalue weighted by molar-refractivity contribution is -0.137. The third-order valence-electron chi connectivity index (χ3n) is 4.91. The minimum atomic E-state index is -4.35. The normalized spacial score (nSPS) is 17.2. The Morgan fingerprint density at radius 3 is 2.50 bits per heavy atom. The molecule has 4 rings (SSSR count). The molecule has 3 aromatic rings. The van der Waals surface area contributed by atoms with E-state index < -0.39 is 11.7 Å². The molecule has 144 valence electrons. The lowest BCUT2D eigenvalue weighted by Crippen LogP contribution is -2.16. The molecule has 1 saturated carbocycles. The first-order valence-corrected chi connectivity index (χ1v) is 8.98. The van der Waals surface area contributed by atoms with E-state index in [2.05, 4.69) is 15.4 Å². The van der Waals surface area contributed by atoms with Gasteiger partial charge in [-0.15, -0.1) is 10.2 Å². The Kier molecular flexibility index (Phi) is 4.70. The molecule has 1 aromatic heterocycles. The molecule has 0 bridgehead atoms. The van der Waals surface area contributed by atoms with Crippen molar-refractivity contribution in [2.75, 3.05) is 0 Å². The van der Waals surface area contributed by atoms with E-state index in [-0.39, 0.29) is 11.8 Å². The third-order valence-corrected chi connectivity index (χ3v) is 4.91. The molecule has 0 saturated heterocycles. The molecular weight excluding hydrogens is 369 g/mol. The van der Waals surface area contributed by atoms with Gasteiger partial charge in [-0.05, 0) is 47.7 Å². The molecule has 1 aliphatic rings. The van der Waals surface area contributed by atoms with Gasteiger partial charge in [0.25, 0.3) is 0 Å². The number of aromatic nitrogens is 4. The molecule has 1 fully saturated rings. The summed E-state index contributed by atoms with van der Waals surface area (Å²) in [4.78, 5) is 13.3. The first-order valence-electron chi connectivity index (χ1n) is 8.98. The van der Waals surface area contributed by atoms with Crippen LogP contribution in [0, 0.1) is 0 Å². The molecule has 0 radical (unpaired) electrons. The topological polar surface area (TPSA) is 60.7 Å². The second-order valence-electron chi connectivity index (χ2n) is 6.84. The number of carbonyl (C=O) groups excluding carboxylic acids is 1. The summed E-state index contributed by atoms with van der Waals surface area (Å²) in [7, 11) is 0. The maximum atomic E-state index is 12.7. The van der Waals surface area contributed by atoms with Gasteiger partial charge in [-0.1, -0.05) is 36.4 Å². The molecule has 1 atom stereocenters. The SMILES string of the molecule is O=C1CCCC1n1nnc(-c2ccccc2Cc2ccc(C(F)(F)F)cc2)n1. The molecule has 5 nitrogen and oxygen atoms in total. The smallest absolute Gasteiger partial charge is 0.297 e. The zero-order chi connectivity index (χ0) is 19.7. The molecule has 0 spiro atoms. The lowest BCUT2D eigenvalue weighted by atomic mass is 9.98. The average molecular weight is 386 g/mol. The van der Waals surface area contributed by atoms with Crippen LogP contribution in [0.5, 0.6) is 0 Å². The third kappa shape index (κ3) is 3.67. The number of nitrogens with zero attached hydrogens (tertiary/aromatic N) is 4. The lowest BCUT2D eigenvalue weighted by Gasteiger charge is -2.09. The van der Waals surface area contributed by atoms with Crippen LogP contribution in [0.2, 0.25) is 0 Å². The van der Waals surface area contributed by atoms with Crippen LogP contribution in [-0.4, -0.2) is 26.0 Å². The predicted octanol–water partition coefficient (Wildman–Crippen LogP) is 4.24. The molecule has 2 aromatic carbocycles. The van der Waals surface area contributed by atoms with Crippen LogP contribution in [0.1, 0.15) is 42.0 Å². The van der Waals surface area contributed by atoms with Crippen LogP contribution in [0.3, 0.4) is 0 Å². The average Bonchev–Trinajstić information content (AvgIpc) is 3.31. The summed E-state index contributed by atoms with van der Waals surface area (Å²) in [5.74, 6) is 0.518. The molecule has 8 heteroatoms. The molecule has 1 unspecified atom stereocenters. The van der Waals surface area contributed by atoms with Crippen molar-refractivity contribution in [2.45, 2.75) is 37.9 Å². The summed E-state index contributed by atoms with van der Waals surface area (Å²) < 4.78 is 38.2. The highest BCUT2D eigenvalue weighted by atomic mass is 19.4. The zero-order valence-corrected chi connectivity index (χ0v) is 14.9. The van der Waals surface area contributed by atoms with Crippen LogP contribution >= 0.6 is 0 Å². The van der Waals surface area contributed by atoms with E-state index >= 15 is 0 Å². The number of rotatable bonds is 4. The summed E-state index contributed by atoms with van der Waals surface area (Å²) in [5, 5.41) is 12.5. The van der Waals surface area contributed by atoms with E-state index in [1.807, 2.05) is 24.3 Å². The van der Waals surface area contributed by atoms with Gasteiger partial charge >= 0.3 is 6.18 Å². The molecule has 0 N–H and O–H groups in total. The van der Waals surface area contributed by atoms with E-state index in [1.165, 1.54) is 16.9 Å². The summed E-state index contributed by atoms with van der Waals surface area (Å²) in [6, 6.07) is 12.2. The van der Waals surface area contributed by atoms with Crippen molar-refractivity contribution in [3.05, 3.63) is 65.2 Å². The van der Waals surface area contributed by atoms with Gasteiger partial charge in [0.15, 0.2) is 5.78 Å². The van der Waals surface area contributed by atoms with E-state index in [0.29, 0.717) is 25.1 Å². The Morgan fingerprint density at radius 2 is 1.82 bits per heavy atom. The van der Waals surface area contributed by atoms with Crippen molar-refractivity contribution in [3.8, 4) is 11.4 Å². The van der Waals surface area contributed by atoms with Crippen molar-refractivity contribution in [3.63, 3.8) is 0 Å². The Hall–Kier alpha value is -3.03. The van der Waals surface area contributed by atoms with Crippen molar-refractivity contribution in [1.29, 1.82) is 0 Å². The second kappa shape index (κ2) is 7.18. The van der Waals surface area contributed by atoms with Gasteiger partial charge < -0.3 is 0 Å². The summed E-state index contributed by atoms with van der Waals surface area (Å²) in [5.41, 5.74) is 1.70. The Balaban J connectivity index is 1.59. The van der Waals surface area contributed by atoms with Crippen molar-refractivity contribution in [1.82, 2.24) is 20.2 Å². The van der Waals surface area contributed by atoms with E-state index in [4.69, 9.17) is 0 Å². The summed E-state index contributed by atoms with van der Waals surface area (Å²) in [6.07, 6.45) is -1.85. The Morgan fingerprint density at radius 1 is 1.07 bits per heavy atom. The number of ketones is 1. The fourth-order valence-electron chi connectivity index (χ4n) is 3.43. The first kappa shape index (κ1) is 18.3. The minimum Gasteiger partial charge on any atom is -0.297 e. The van der Waals surface area contributed by atoms with Crippen LogP contribution in [-0.2, 0) is 17.4 Å². The number of benzene rings is 2. The van der Waals surface area contributed by atoms with Crippen LogP contribution in [0.15, 0.2) is 48.5 Å². The summed E-state index contributed by atoms with van der Waals surface area (Å²) >= 11 is 0. The van der Waals surface area contributed by atoms with Gasteiger partial charge in [0.05, 0.1) is 5.56 Å². The monoisotopic (exact) mass is 386 g/mol. The van der Waals surface area contributed by atoms with Crippen molar-refractivity contribution < 1.29 is 18.0 Å². The van der Waals surface area contributed by atoms with Crippen LogP contribution in [0.4, 0.5) is 13.2 Å². The number of Topliss-reactive ketones (excluding diaryl/α,β-unsaturated/α-hetero) is 1. The quantitative estimate of drug-likeness (QED) is 0.673. The highest BCUT2D eigenvalue weighted by Crippen LogP contribution is 2.30. The molecule has 0 aliphatic heterocycles. The van der Waals surface area contributed by atoms with E-state index in [0.717, 1.165) is 35.2 Å². The summed E-state index contributed by atoms with van der Waals surface area (Å²) in [6.45, 7) is 0. The highest BCUT2D eigenvalue weighted by Gasteiger charge is 2.30.